The number of nitrogens with zero attached hydrogens (tertiary/aromatic N) is 2. The number of para-hydroxylation sites is 2. The first-order valence-corrected chi connectivity index (χ1v) is 12.3. The van der Waals surface area contributed by atoms with Gasteiger partial charge in [-0.25, -0.2) is 9.78 Å². The van der Waals surface area contributed by atoms with Crippen LogP contribution < -0.4 is 9.47 Å². The Morgan fingerprint density at radius 1 is 0.658 bits per heavy atom. The van der Waals surface area contributed by atoms with Crippen LogP contribution in [0.4, 0.5) is 0 Å². The van der Waals surface area contributed by atoms with Crippen LogP contribution in [-0.4, -0.2) is 33.8 Å². The standard InChI is InChI=1S/C32H24N2O4/c35-32(36)28-8-5-11-31(33-28)38-21-20-37-25-18-14-23(15-19-25)22-12-16-24(17-13-22)34-29-9-3-1-6-26(29)27-7-2-4-10-30(27)34/h1-19H,20-21H2,(H,35,36). The van der Waals surface area contributed by atoms with Crippen molar-refractivity contribution in [1.82, 2.24) is 9.55 Å². The molecule has 0 spiro atoms. The lowest BCUT2D eigenvalue weighted by Crippen LogP contribution is -2.10. The minimum atomic E-state index is -1.09. The summed E-state index contributed by atoms with van der Waals surface area (Å²) in [6.07, 6.45) is 0. The fourth-order valence-corrected chi connectivity index (χ4v) is 4.67. The van der Waals surface area contributed by atoms with Gasteiger partial charge in [0.2, 0.25) is 5.88 Å². The summed E-state index contributed by atoms with van der Waals surface area (Å²) in [7, 11) is 0. The van der Waals surface area contributed by atoms with Crippen LogP contribution in [0, 0.1) is 0 Å². The molecule has 0 unspecified atom stereocenters. The number of benzene rings is 4. The van der Waals surface area contributed by atoms with E-state index in [1.807, 2.05) is 24.3 Å². The van der Waals surface area contributed by atoms with E-state index in [9.17, 15) is 4.79 Å². The van der Waals surface area contributed by atoms with Crippen LogP contribution in [0.1, 0.15) is 10.5 Å². The van der Waals surface area contributed by atoms with Crippen molar-refractivity contribution < 1.29 is 19.4 Å². The van der Waals surface area contributed by atoms with Gasteiger partial charge in [-0.15, -0.1) is 0 Å². The van der Waals surface area contributed by atoms with Crippen molar-refractivity contribution >= 4 is 27.8 Å². The molecule has 0 aliphatic heterocycles. The molecule has 1 N–H and O–H groups in total. The van der Waals surface area contributed by atoms with Crippen molar-refractivity contribution in [3.63, 3.8) is 0 Å². The summed E-state index contributed by atoms with van der Waals surface area (Å²) in [5.74, 6) is -0.104. The summed E-state index contributed by atoms with van der Waals surface area (Å²) in [6, 6.07) is 38.1. The lowest BCUT2D eigenvalue weighted by molar-refractivity contribution is 0.0689. The van der Waals surface area contributed by atoms with Crippen LogP contribution in [0.15, 0.2) is 115 Å². The predicted octanol–water partition coefficient (Wildman–Crippen LogP) is 7.00. The second-order valence-electron chi connectivity index (χ2n) is 8.80. The Morgan fingerprint density at radius 3 is 1.87 bits per heavy atom. The number of carbonyl (C=O) groups is 1. The molecule has 0 saturated heterocycles. The number of rotatable bonds is 8. The van der Waals surface area contributed by atoms with Gasteiger partial charge in [0.15, 0.2) is 5.69 Å². The van der Waals surface area contributed by atoms with Gasteiger partial charge in [0.05, 0.1) is 11.0 Å². The summed E-state index contributed by atoms with van der Waals surface area (Å²) in [4.78, 5) is 15.0. The highest BCUT2D eigenvalue weighted by atomic mass is 16.5. The molecule has 6 nitrogen and oxygen atoms in total. The largest absolute Gasteiger partial charge is 0.490 e. The van der Waals surface area contributed by atoms with Crippen LogP contribution in [0.2, 0.25) is 0 Å². The first-order valence-electron chi connectivity index (χ1n) is 12.3. The molecule has 0 bridgehead atoms. The van der Waals surface area contributed by atoms with Crippen LogP contribution >= 0.6 is 0 Å². The summed E-state index contributed by atoms with van der Waals surface area (Å²) < 4.78 is 13.6. The highest BCUT2D eigenvalue weighted by molar-refractivity contribution is 6.09. The fourth-order valence-electron chi connectivity index (χ4n) is 4.67. The zero-order valence-electron chi connectivity index (χ0n) is 20.5. The average molecular weight is 501 g/mol. The van der Waals surface area contributed by atoms with Gasteiger partial charge in [0.1, 0.15) is 19.0 Å². The second kappa shape index (κ2) is 10.1. The van der Waals surface area contributed by atoms with E-state index >= 15 is 0 Å². The molecule has 0 atom stereocenters. The SMILES string of the molecule is O=C(O)c1cccc(OCCOc2ccc(-c3ccc(-n4c5ccccc5c5ccccc54)cc3)cc2)n1. The van der Waals surface area contributed by atoms with Gasteiger partial charge in [-0.1, -0.05) is 66.7 Å². The second-order valence-corrected chi connectivity index (χ2v) is 8.80. The zero-order valence-corrected chi connectivity index (χ0v) is 20.5. The molecule has 4 aromatic carbocycles. The molecular formula is C32H24N2O4. The smallest absolute Gasteiger partial charge is 0.354 e. The molecule has 0 aliphatic rings. The van der Waals surface area contributed by atoms with E-state index in [0.29, 0.717) is 6.61 Å². The minimum Gasteiger partial charge on any atom is -0.490 e. The molecule has 6 aromatic rings. The molecule has 2 aromatic heterocycles. The summed E-state index contributed by atoms with van der Waals surface area (Å²) in [5, 5.41) is 11.5. The molecule has 0 radical (unpaired) electrons. The minimum absolute atomic E-state index is 0.0536. The molecule has 186 valence electrons. The monoisotopic (exact) mass is 500 g/mol. The first-order chi connectivity index (χ1) is 18.7. The maximum absolute atomic E-state index is 11.0. The van der Waals surface area contributed by atoms with Crippen LogP contribution in [-0.2, 0) is 0 Å². The average Bonchev–Trinajstić information content (AvgIpc) is 3.30. The Balaban J connectivity index is 1.13. The topological polar surface area (TPSA) is 73.6 Å². The van der Waals surface area contributed by atoms with Crippen molar-refractivity contribution in [3.05, 3.63) is 121 Å². The van der Waals surface area contributed by atoms with E-state index in [0.717, 1.165) is 22.6 Å². The van der Waals surface area contributed by atoms with Gasteiger partial charge in [0.25, 0.3) is 0 Å². The van der Waals surface area contributed by atoms with Crippen molar-refractivity contribution in [2.45, 2.75) is 0 Å². The molecular weight excluding hydrogens is 476 g/mol. The number of pyridine rings is 1. The molecule has 0 amide bonds. The van der Waals surface area contributed by atoms with E-state index in [1.54, 1.807) is 12.1 Å². The molecule has 0 saturated carbocycles. The molecule has 2 heterocycles. The van der Waals surface area contributed by atoms with E-state index < -0.39 is 5.97 Å². The number of fused-ring (bicyclic) bond motifs is 3. The highest BCUT2D eigenvalue weighted by Gasteiger charge is 2.11. The van der Waals surface area contributed by atoms with Crippen molar-refractivity contribution in [3.8, 4) is 28.4 Å². The summed E-state index contributed by atoms with van der Waals surface area (Å²) in [6.45, 7) is 0.563. The van der Waals surface area contributed by atoms with Gasteiger partial charge in [0, 0.05) is 22.5 Å². The maximum atomic E-state index is 11.0. The Kier molecular flexibility index (Phi) is 6.20. The van der Waals surface area contributed by atoms with Crippen molar-refractivity contribution in [1.29, 1.82) is 0 Å². The van der Waals surface area contributed by atoms with Crippen LogP contribution in [0.3, 0.4) is 0 Å². The van der Waals surface area contributed by atoms with E-state index in [4.69, 9.17) is 14.6 Å². The lowest BCUT2D eigenvalue weighted by Gasteiger charge is -2.10. The zero-order chi connectivity index (χ0) is 25.9. The number of hydrogen-bond donors (Lipinski definition) is 1. The number of hydrogen-bond acceptors (Lipinski definition) is 4. The van der Waals surface area contributed by atoms with Crippen molar-refractivity contribution in [2.75, 3.05) is 13.2 Å². The van der Waals surface area contributed by atoms with Gasteiger partial charge in [-0.2, -0.15) is 0 Å². The Labute approximate surface area is 219 Å². The third-order valence-corrected chi connectivity index (χ3v) is 6.44. The van der Waals surface area contributed by atoms with E-state index in [-0.39, 0.29) is 18.2 Å². The van der Waals surface area contributed by atoms with Gasteiger partial charge >= 0.3 is 5.97 Å². The fraction of sp³-hybridized carbons (Fsp3) is 0.0625. The van der Waals surface area contributed by atoms with Gasteiger partial charge in [-0.3, -0.25) is 0 Å². The molecule has 0 aliphatic carbocycles. The van der Waals surface area contributed by atoms with E-state index in [2.05, 4.69) is 82.3 Å². The van der Waals surface area contributed by atoms with Gasteiger partial charge < -0.3 is 19.1 Å². The molecule has 38 heavy (non-hydrogen) atoms. The highest BCUT2D eigenvalue weighted by Crippen LogP contribution is 2.32. The Bertz CT molecular complexity index is 1690. The quantitative estimate of drug-likeness (QED) is 0.228. The molecule has 6 rings (SSSR count). The number of aromatic carboxylic acids is 1. The van der Waals surface area contributed by atoms with Crippen molar-refractivity contribution in [2.24, 2.45) is 0 Å². The summed E-state index contributed by atoms with van der Waals surface area (Å²) >= 11 is 0. The van der Waals surface area contributed by atoms with Gasteiger partial charge in [-0.05, 0) is 53.6 Å². The predicted molar refractivity (Wildman–Crippen MR) is 148 cm³/mol. The van der Waals surface area contributed by atoms with E-state index in [1.165, 1.54) is 27.9 Å². The maximum Gasteiger partial charge on any atom is 0.354 e. The molecule has 0 fully saturated rings. The molecule has 6 heteroatoms. The van der Waals surface area contributed by atoms with Crippen LogP contribution in [0.5, 0.6) is 11.6 Å². The first kappa shape index (κ1) is 23.3. The Hall–Kier alpha value is -5.10. The third kappa shape index (κ3) is 4.55. The lowest BCUT2D eigenvalue weighted by atomic mass is 10.1. The number of aromatic nitrogens is 2. The number of carboxylic acids is 1. The summed E-state index contributed by atoms with van der Waals surface area (Å²) in [5.41, 5.74) is 5.66. The normalized spacial score (nSPS) is 11.1. The third-order valence-electron chi connectivity index (χ3n) is 6.44. The number of carboxylic acid groups (broad SMARTS) is 1. The Morgan fingerprint density at radius 2 is 1.24 bits per heavy atom. The number of ether oxygens (including phenoxy) is 2. The van der Waals surface area contributed by atoms with Crippen LogP contribution in [0.25, 0.3) is 38.6 Å².